The first-order chi connectivity index (χ1) is 10.5. The molecule has 0 bridgehead atoms. The summed E-state index contributed by atoms with van der Waals surface area (Å²) < 4.78 is 112. The van der Waals surface area contributed by atoms with Crippen LogP contribution in [-0.2, 0) is 14.3 Å². The molecule has 1 N–H and O–H groups in total. The lowest BCUT2D eigenvalue weighted by Crippen LogP contribution is -2.68. The zero-order valence-electron chi connectivity index (χ0n) is 12.4. The molecule has 1 fully saturated rings. The monoisotopic (exact) mass is 374 g/mol. The fourth-order valence-electron chi connectivity index (χ4n) is 1.93. The average Bonchev–Trinajstić information content (AvgIpc) is 2.40. The van der Waals surface area contributed by atoms with Crippen molar-refractivity contribution < 1.29 is 54.5 Å². The van der Waals surface area contributed by atoms with Gasteiger partial charge in [0.25, 0.3) is 0 Å². The lowest BCUT2D eigenvalue weighted by molar-refractivity contribution is -0.456. The second kappa shape index (κ2) is 5.97. The van der Waals surface area contributed by atoms with E-state index < -0.39 is 61.0 Å². The normalized spacial score (nSPS) is 30.5. The third-order valence-corrected chi connectivity index (χ3v) is 3.96. The summed E-state index contributed by atoms with van der Waals surface area (Å²) in [5.74, 6) is -12.3. The quantitative estimate of drug-likeness (QED) is 0.609. The van der Waals surface area contributed by atoms with Crippen LogP contribution in [0.1, 0.15) is 26.7 Å². The minimum absolute atomic E-state index is 0.378. The van der Waals surface area contributed by atoms with Gasteiger partial charge in [0.1, 0.15) is 0 Å². The maximum atomic E-state index is 13.9. The maximum absolute atomic E-state index is 13.9. The van der Waals surface area contributed by atoms with Crippen molar-refractivity contribution in [2.24, 2.45) is 5.41 Å². The van der Waals surface area contributed by atoms with Crippen LogP contribution in [0, 0.1) is 5.41 Å². The molecule has 0 radical (unpaired) electrons. The lowest BCUT2D eigenvalue weighted by Gasteiger charge is -2.44. The van der Waals surface area contributed by atoms with Crippen molar-refractivity contribution in [1.82, 2.24) is 0 Å². The Morgan fingerprint density at radius 2 is 1.75 bits per heavy atom. The number of carbonyl (C=O) groups is 1. The van der Waals surface area contributed by atoms with E-state index in [9.17, 15) is 39.9 Å². The Kier molecular flexibility index (Phi) is 5.19. The average molecular weight is 374 g/mol. The van der Waals surface area contributed by atoms with E-state index in [1.165, 1.54) is 0 Å². The van der Waals surface area contributed by atoms with Crippen molar-refractivity contribution in [1.29, 1.82) is 0 Å². The number of rotatable bonds is 3. The third kappa shape index (κ3) is 3.05. The van der Waals surface area contributed by atoms with Gasteiger partial charge in [0.15, 0.2) is 11.5 Å². The molecule has 3 unspecified atom stereocenters. The smallest absolute Gasteiger partial charge is 0.449 e. The Balaban J connectivity index is 3.13. The highest BCUT2D eigenvalue weighted by Crippen LogP contribution is 2.50. The highest BCUT2D eigenvalue weighted by atomic mass is 19.4. The molecule has 0 spiro atoms. The molecule has 0 aromatic carbocycles. The number of aliphatic hydroxyl groups is 1. The third-order valence-electron chi connectivity index (χ3n) is 3.96. The Morgan fingerprint density at radius 3 is 2.12 bits per heavy atom. The van der Waals surface area contributed by atoms with Crippen LogP contribution < -0.4 is 0 Å². The van der Waals surface area contributed by atoms with Crippen molar-refractivity contribution in [2.45, 2.75) is 56.9 Å². The molecule has 1 aliphatic heterocycles. The summed E-state index contributed by atoms with van der Waals surface area (Å²) in [6, 6.07) is 0. The molecule has 0 saturated carbocycles. The summed E-state index contributed by atoms with van der Waals surface area (Å²) in [6.45, 7) is 0.212. The van der Waals surface area contributed by atoms with E-state index in [0.717, 1.165) is 6.92 Å². The number of hydrogen-bond acceptors (Lipinski definition) is 4. The van der Waals surface area contributed by atoms with Crippen LogP contribution in [0.4, 0.5) is 35.1 Å². The van der Waals surface area contributed by atoms with Crippen LogP contribution in [0.15, 0.2) is 0 Å². The molecular formula is C12H14F8O4. The molecule has 0 aliphatic carbocycles. The maximum Gasteiger partial charge on any atom is 0.449 e. The number of carbonyl (C=O) groups excluding carboxylic acids is 1. The molecular weight excluding hydrogens is 360 g/mol. The van der Waals surface area contributed by atoms with E-state index in [1.54, 1.807) is 0 Å². The lowest BCUT2D eigenvalue weighted by atomic mass is 9.86. The van der Waals surface area contributed by atoms with E-state index in [0.29, 0.717) is 6.92 Å². The topological polar surface area (TPSA) is 55.8 Å². The summed E-state index contributed by atoms with van der Waals surface area (Å²) in [5.41, 5.74) is -3.18. The number of alkyl halides is 8. The Morgan fingerprint density at radius 1 is 1.25 bits per heavy atom. The van der Waals surface area contributed by atoms with Crippen LogP contribution in [0.25, 0.3) is 0 Å². The zero-order valence-corrected chi connectivity index (χ0v) is 12.4. The summed E-state index contributed by atoms with van der Waals surface area (Å²) in [7, 11) is 0. The van der Waals surface area contributed by atoms with Gasteiger partial charge in [-0.25, -0.2) is 0 Å². The molecule has 24 heavy (non-hydrogen) atoms. The Hall–Kier alpha value is -1.17. The molecule has 1 heterocycles. The van der Waals surface area contributed by atoms with Crippen LogP contribution >= 0.6 is 0 Å². The molecule has 0 aromatic rings. The molecule has 12 heteroatoms. The van der Waals surface area contributed by atoms with E-state index in [1.807, 2.05) is 0 Å². The minimum atomic E-state index is -5.96. The fraction of sp³-hybridized carbons (Fsp3) is 0.917. The van der Waals surface area contributed by atoms with E-state index in [4.69, 9.17) is 5.11 Å². The molecule has 3 atom stereocenters. The Bertz CT molecular complexity index is 488. The van der Waals surface area contributed by atoms with Gasteiger partial charge in [-0.15, -0.1) is 0 Å². The predicted molar refractivity (Wildman–Crippen MR) is 60.9 cm³/mol. The molecule has 1 rings (SSSR count). The van der Waals surface area contributed by atoms with Gasteiger partial charge < -0.3 is 14.6 Å². The van der Waals surface area contributed by atoms with E-state index in [2.05, 4.69) is 9.47 Å². The van der Waals surface area contributed by atoms with Gasteiger partial charge in [0.05, 0.1) is 6.61 Å². The largest absolute Gasteiger partial charge is 0.455 e. The van der Waals surface area contributed by atoms with Crippen molar-refractivity contribution in [3.05, 3.63) is 0 Å². The standard InChI is InChI=1S/C12H14F8O4/c1-3-8(2,11(15,16)17)7(21)24-6-4-5-23-10(22,9(6,13)14)12(18,19)20/h6,22H,3-5H2,1-2H3. The van der Waals surface area contributed by atoms with Crippen molar-refractivity contribution in [3.8, 4) is 0 Å². The van der Waals surface area contributed by atoms with Crippen molar-refractivity contribution >= 4 is 5.97 Å². The van der Waals surface area contributed by atoms with Gasteiger partial charge in [0, 0.05) is 6.42 Å². The van der Waals surface area contributed by atoms with Crippen molar-refractivity contribution in [3.63, 3.8) is 0 Å². The first-order valence-corrected chi connectivity index (χ1v) is 6.63. The molecule has 1 saturated heterocycles. The second-order valence-corrected chi connectivity index (χ2v) is 5.48. The summed E-state index contributed by atoms with van der Waals surface area (Å²) in [5, 5.41) is 9.13. The van der Waals surface area contributed by atoms with Crippen molar-refractivity contribution in [2.75, 3.05) is 6.61 Å². The SMILES string of the molecule is CCC(C)(C(=O)OC1CCOC(O)(C(F)(F)F)C1(F)F)C(F)(F)F. The first kappa shape index (κ1) is 20.9. The van der Waals surface area contributed by atoms with Gasteiger partial charge in [-0.3, -0.25) is 4.79 Å². The summed E-state index contributed by atoms with van der Waals surface area (Å²) >= 11 is 0. The molecule has 4 nitrogen and oxygen atoms in total. The minimum Gasteiger partial charge on any atom is -0.455 e. The number of esters is 1. The first-order valence-electron chi connectivity index (χ1n) is 6.63. The fourth-order valence-corrected chi connectivity index (χ4v) is 1.93. The molecule has 0 aromatic heterocycles. The summed E-state index contributed by atoms with van der Waals surface area (Å²) in [4.78, 5) is 11.7. The van der Waals surface area contributed by atoms with Gasteiger partial charge in [0.2, 0.25) is 0 Å². The van der Waals surface area contributed by atoms with Crippen LogP contribution in [0.5, 0.6) is 0 Å². The Labute approximate surface area is 130 Å². The van der Waals surface area contributed by atoms with Gasteiger partial charge in [-0.2, -0.15) is 35.1 Å². The van der Waals surface area contributed by atoms with E-state index in [-0.39, 0.29) is 0 Å². The predicted octanol–water partition coefficient (Wildman–Crippen LogP) is 3.18. The zero-order chi connectivity index (χ0) is 19.2. The highest BCUT2D eigenvalue weighted by Gasteiger charge is 2.76. The number of ether oxygens (including phenoxy) is 2. The summed E-state index contributed by atoms with van der Waals surface area (Å²) in [6.07, 6.45) is -16.0. The number of halogens is 8. The van der Waals surface area contributed by atoms with Crippen LogP contribution in [0.2, 0.25) is 0 Å². The molecule has 0 amide bonds. The highest BCUT2D eigenvalue weighted by molar-refractivity contribution is 5.77. The molecule has 142 valence electrons. The second-order valence-electron chi connectivity index (χ2n) is 5.48. The van der Waals surface area contributed by atoms with E-state index >= 15 is 0 Å². The molecule has 1 aliphatic rings. The van der Waals surface area contributed by atoms with Gasteiger partial charge in [-0.05, 0) is 13.3 Å². The van der Waals surface area contributed by atoms with Gasteiger partial charge >= 0.3 is 30.0 Å². The number of hydrogen-bond donors (Lipinski definition) is 1. The van der Waals surface area contributed by atoms with Crippen LogP contribution in [-0.4, -0.2) is 47.8 Å². The van der Waals surface area contributed by atoms with Gasteiger partial charge in [-0.1, -0.05) is 6.92 Å². The van der Waals surface area contributed by atoms with Crippen LogP contribution in [0.3, 0.4) is 0 Å².